The third-order valence-electron chi connectivity index (χ3n) is 8.48. The molecular weight excluding hydrogens is 624 g/mol. The van der Waals surface area contributed by atoms with Crippen LogP contribution in [0.1, 0.15) is 49.7 Å². The molecule has 7 nitrogen and oxygen atoms in total. The number of nitrogens with one attached hydrogen (secondary N) is 1. The highest BCUT2D eigenvalue weighted by Gasteiger charge is 2.48. The fourth-order valence-corrected chi connectivity index (χ4v) is 8.10. The zero-order chi connectivity index (χ0) is 26.3. The Morgan fingerprint density at radius 1 is 1.08 bits per heavy atom. The van der Waals surface area contributed by atoms with E-state index in [9.17, 15) is 14.7 Å². The van der Waals surface area contributed by atoms with E-state index >= 15 is 0 Å². The first-order valence-electron chi connectivity index (χ1n) is 13.0. The molecule has 3 aliphatic heterocycles. The number of hydrogen-bond acceptors (Lipinski definition) is 4. The molecule has 3 amide bonds. The van der Waals surface area contributed by atoms with E-state index < -0.39 is 5.60 Å². The number of benzene rings is 1. The third kappa shape index (κ3) is 5.34. The minimum absolute atomic E-state index is 0.0487. The molecule has 1 atom stereocenters. The lowest BCUT2D eigenvalue weighted by Crippen LogP contribution is -2.50. The molecule has 4 N–H and O–H groups in total. The predicted octanol–water partition coefficient (Wildman–Crippen LogP) is 4.79. The Balaban J connectivity index is 1.34. The Morgan fingerprint density at radius 3 is 2.43 bits per heavy atom. The van der Waals surface area contributed by atoms with Gasteiger partial charge in [0.05, 0.1) is 5.70 Å². The summed E-state index contributed by atoms with van der Waals surface area (Å²) in [4.78, 5) is 28.1. The second-order valence-corrected chi connectivity index (χ2v) is 13.0. The van der Waals surface area contributed by atoms with Gasteiger partial charge in [0.1, 0.15) is 5.60 Å². The van der Waals surface area contributed by atoms with Crippen molar-refractivity contribution in [3.63, 3.8) is 0 Å². The first-order chi connectivity index (χ1) is 17.7. The number of nitrogens with two attached hydrogens (primary N) is 1. The highest BCUT2D eigenvalue weighted by atomic mass is 79.9. The van der Waals surface area contributed by atoms with Crippen LogP contribution in [0.5, 0.6) is 0 Å². The SMILES string of the molecule is NC(=O)N1CCC(CC(=O)N2CCC(C3(O)C4=C(C=C(Br)CN4)CCc4cc(Cl)cc(Br)c43)CC2)CC1. The maximum atomic E-state index is 13.2. The van der Waals surface area contributed by atoms with Gasteiger partial charge >= 0.3 is 6.03 Å². The molecule has 0 saturated carbocycles. The summed E-state index contributed by atoms with van der Waals surface area (Å²) in [5, 5.41) is 16.8. The van der Waals surface area contributed by atoms with Gasteiger partial charge in [0.15, 0.2) is 0 Å². The lowest BCUT2D eigenvalue weighted by Gasteiger charge is -2.45. The molecule has 2 saturated heterocycles. The fourth-order valence-electron chi connectivity index (χ4n) is 6.51. The number of dihydropyridines is 1. The summed E-state index contributed by atoms with van der Waals surface area (Å²) in [6, 6.07) is 3.46. The number of nitrogens with zero attached hydrogens (tertiary/aromatic N) is 2. The third-order valence-corrected chi connectivity index (χ3v) is 9.83. The van der Waals surface area contributed by atoms with Gasteiger partial charge in [0.25, 0.3) is 0 Å². The highest BCUT2D eigenvalue weighted by Crippen LogP contribution is 2.50. The van der Waals surface area contributed by atoms with Crippen LogP contribution in [0.25, 0.3) is 0 Å². The zero-order valence-electron chi connectivity index (χ0n) is 20.7. The summed E-state index contributed by atoms with van der Waals surface area (Å²) >= 11 is 13.8. The Kier molecular flexibility index (Phi) is 7.97. The van der Waals surface area contributed by atoms with Crippen LogP contribution in [0, 0.1) is 11.8 Å². The first kappa shape index (κ1) is 27.0. The predicted molar refractivity (Wildman–Crippen MR) is 151 cm³/mol. The highest BCUT2D eigenvalue weighted by molar-refractivity contribution is 9.11. The van der Waals surface area contributed by atoms with Crippen LogP contribution < -0.4 is 11.1 Å². The molecule has 0 bridgehead atoms. The maximum absolute atomic E-state index is 13.2. The van der Waals surface area contributed by atoms with Crippen molar-refractivity contribution in [2.75, 3.05) is 32.7 Å². The van der Waals surface area contributed by atoms with Crippen molar-refractivity contribution in [2.45, 2.75) is 50.5 Å². The molecule has 0 spiro atoms. The Labute approximate surface area is 239 Å². The van der Waals surface area contributed by atoms with E-state index in [0.717, 1.165) is 57.0 Å². The van der Waals surface area contributed by atoms with Gasteiger partial charge in [-0.25, -0.2) is 4.79 Å². The molecule has 2 fully saturated rings. The molecule has 0 aromatic heterocycles. The number of aryl methyl sites for hydroxylation is 1. The molecule has 200 valence electrons. The molecule has 0 radical (unpaired) electrons. The quantitative estimate of drug-likeness (QED) is 0.436. The van der Waals surface area contributed by atoms with Gasteiger partial charge < -0.3 is 26.0 Å². The largest absolute Gasteiger partial charge is 0.381 e. The van der Waals surface area contributed by atoms with Crippen LogP contribution in [-0.4, -0.2) is 59.6 Å². The van der Waals surface area contributed by atoms with E-state index in [1.807, 2.05) is 17.0 Å². The van der Waals surface area contributed by atoms with Crippen LogP contribution in [0.3, 0.4) is 0 Å². The Bertz CT molecular complexity index is 1160. The fraction of sp³-hybridized carbons (Fsp3) is 0.556. The van der Waals surface area contributed by atoms with Gasteiger partial charge in [0.2, 0.25) is 5.91 Å². The van der Waals surface area contributed by atoms with Crippen LogP contribution in [0.2, 0.25) is 5.02 Å². The van der Waals surface area contributed by atoms with Crippen molar-refractivity contribution >= 4 is 55.4 Å². The molecule has 5 rings (SSSR count). The van der Waals surface area contributed by atoms with Crippen molar-refractivity contribution in [3.8, 4) is 0 Å². The van der Waals surface area contributed by atoms with Crippen LogP contribution in [-0.2, 0) is 16.8 Å². The average Bonchev–Trinajstić information content (AvgIpc) is 2.99. The summed E-state index contributed by atoms with van der Waals surface area (Å²) in [6.45, 7) is 3.11. The lowest BCUT2D eigenvalue weighted by atomic mass is 9.72. The van der Waals surface area contributed by atoms with E-state index in [1.165, 1.54) is 0 Å². The van der Waals surface area contributed by atoms with Crippen molar-refractivity contribution in [3.05, 3.63) is 54.6 Å². The number of primary amides is 1. The van der Waals surface area contributed by atoms with E-state index in [1.54, 1.807) is 4.90 Å². The van der Waals surface area contributed by atoms with Crippen molar-refractivity contribution in [2.24, 2.45) is 17.6 Å². The zero-order valence-corrected chi connectivity index (χ0v) is 24.7. The maximum Gasteiger partial charge on any atom is 0.314 e. The monoisotopic (exact) mass is 654 g/mol. The molecule has 1 unspecified atom stereocenters. The number of carbonyl (C=O) groups is 2. The summed E-state index contributed by atoms with van der Waals surface area (Å²) in [5.41, 5.74) is 8.13. The van der Waals surface area contributed by atoms with E-state index in [0.29, 0.717) is 57.0 Å². The molecule has 4 aliphatic rings. The minimum atomic E-state index is -1.20. The van der Waals surface area contributed by atoms with Crippen molar-refractivity contribution in [1.82, 2.24) is 15.1 Å². The van der Waals surface area contributed by atoms with Crippen molar-refractivity contribution < 1.29 is 14.7 Å². The molecule has 1 aromatic rings. The number of amides is 3. The number of aliphatic hydroxyl groups is 1. The van der Waals surface area contributed by atoms with E-state index in [2.05, 4.69) is 43.3 Å². The number of likely N-dealkylation sites (tertiary alicyclic amines) is 2. The normalized spacial score (nSPS) is 25.1. The molecular formula is C27H33Br2ClN4O3. The van der Waals surface area contributed by atoms with Gasteiger partial charge in [-0.2, -0.15) is 0 Å². The Hall–Kier alpha value is -1.55. The number of rotatable bonds is 3. The smallest absolute Gasteiger partial charge is 0.314 e. The number of hydrogen-bond donors (Lipinski definition) is 3. The number of carbonyl (C=O) groups excluding carboxylic acids is 2. The number of piperidine rings is 2. The molecule has 1 aliphatic carbocycles. The molecule has 10 heteroatoms. The van der Waals surface area contributed by atoms with Crippen molar-refractivity contribution in [1.29, 1.82) is 0 Å². The average molecular weight is 657 g/mol. The van der Waals surface area contributed by atoms with Crippen LogP contribution in [0.15, 0.2) is 38.4 Å². The first-order valence-corrected chi connectivity index (χ1v) is 15.0. The van der Waals surface area contributed by atoms with Crippen LogP contribution in [0.4, 0.5) is 4.79 Å². The van der Waals surface area contributed by atoms with Gasteiger partial charge in [-0.1, -0.05) is 43.5 Å². The second-order valence-electron chi connectivity index (χ2n) is 10.7. The van der Waals surface area contributed by atoms with Gasteiger partial charge in [0, 0.05) is 64.6 Å². The summed E-state index contributed by atoms with van der Waals surface area (Å²) in [6.07, 6.45) is 7.28. The second kappa shape index (κ2) is 10.9. The standard InChI is InChI=1S/C27H33Br2ClN4O3/c28-20-12-18-2-1-17-13-21(30)14-22(29)24(17)27(37,25(18)32-15-20)19-5-9-33(10-6-19)23(35)11-16-3-7-34(8-4-16)26(31)36/h12-14,16,19,32,37H,1-11,15H2,(H2,31,36). The van der Waals surface area contributed by atoms with Gasteiger partial charge in [-0.3, -0.25) is 4.79 Å². The van der Waals surface area contributed by atoms with E-state index in [4.69, 9.17) is 17.3 Å². The number of halogens is 3. The Morgan fingerprint density at radius 2 is 1.76 bits per heavy atom. The summed E-state index contributed by atoms with van der Waals surface area (Å²) < 4.78 is 1.89. The molecule has 37 heavy (non-hydrogen) atoms. The minimum Gasteiger partial charge on any atom is -0.381 e. The molecule has 1 aromatic carbocycles. The van der Waals surface area contributed by atoms with E-state index in [-0.39, 0.29) is 23.8 Å². The summed E-state index contributed by atoms with van der Waals surface area (Å²) in [5.74, 6) is 0.399. The number of urea groups is 1. The summed E-state index contributed by atoms with van der Waals surface area (Å²) in [7, 11) is 0. The van der Waals surface area contributed by atoms with Gasteiger partial charge in [-0.15, -0.1) is 0 Å². The molecule has 3 heterocycles. The number of fused-ring (bicyclic) bond motifs is 1. The number of allylic oxidation sites excluding steroid dienone is 2. The topological polar surface area (TPSA) is 98.9 Å². The van der Waals surface area contributed by atoms with Crippen LogP contribution >= 0.6 is 43.5 Å². The lowest BCUT2D eigenvalue weighted by molar-refractivity contribution is -0.135. The van der Waals surface area contributed by atoms with Gasteiger partial charge in [-0.05, 0) is 73.8 Å².